The summed E-state index contributed by atoms with van der Waals surface area (Å²) in [6, 6.07) is 0. The number of hydrogen-bond donors (Lipinski definition) is 0. The van der Waals surface area contributed by atoms with Gasteiger partial charge in [-0.05, 0) is 0 Å². The van der Waals surface area contributed by atoms with Crippen LogP contribution >= 0.6 is 35.0 Å². The summed E-state index contributed by atoms with van der Waals surface area (Å²) >= 11 is 10.2. The van der Waals surface area contributed by atoms with Crippen LogP contribution in [0.3, 0.4) is 0 Å². The Morgan fingerprint density at radius 1 is 0.435 bits per heavy atom. The van der Waals surface area contributed by atoms with Crippen LogP contribution in [0.2, 0.25) is 10.0 Å². The minimum atomic E-state index is -2.28. The standard InChI is InChI=1S/C12Cl2F8S/c13-1-3(15)5(17)7(19)9(21)11(1)23-12-2(14)4(16)6(18)8(20)10(12)22. The monoisotopic (exact) mass is 398 g/mol. The maximum atomic E-state index is 13.6. The molecule has 11 heteroatoms. The van der Waals surface area contributed by atoms with Gasteiger partial charge >= 0.3 is 0 Å². The maximum Gasteiger partial charge on any atom is 0.199 e. The van der Waals surface area contributed by atoms with Gasteiger partial charge in [-0.3, -0.25) is 0 Å². The quantitative estimate of drug-likeness (QED) is 0.327. The average molecular weight is 399 g/mol. The zero-order valence-electron chi connectivity index (χ0n) is 10.2. The Morgan fingerprint density at radius 3 is 1.00 bits per heavy atom. The lowest BCUT2D eigenvalue weighted by Gasteiger charge is -2.11. The van der Waals surface area contributed by atoms with Crippen LogP contribution < -0.4 is 0 Å². The van der Waals surface area contributed by atoms with Gasteiger partial charge in [0, 0.05) is 0 Å². The predicted molar refractivity (Wildman–Crippen MR) is 66.7 cm³/mol. The Balaban J connectivity index is 2.71. The second-order valence-electron chi connectivity index (χ2n) is 3.90. The van der Waals surface area contributed by atoms with Crippen molar-refractivity contribution in [1.29, 1.82) is 0 Å². The smallest absolute Gasteiger partial charge is 0.199 e. The fraction of sp³-hybridized carbons (Fsp3) is 0. The summed E-state index contributed by atoms with van der Waals surface area (Å²) in [5.41, 5.74) is 0. The van der Waals surface area contributed by atoms with Gasteiger partial charge in [-0.25, -0.2) is 35.1 Å². The van der Waals surface area contributed by atoms with Gasteiger partial charge in [0.2, 0.25) is 0 Å². The van der Waals surface area contributed by atoms with E-state index < -0.39 is 66.4 Å². The molecule has 0 saturated heterocycles. The molecule has 23 heavy (non-hydrogen) atoms. The van der Waals surface area contributed by atoms with Crippen LogP contribution in [0.4, 0.5) is 35.1 Å². The van der Waals surface area contributed by atoms with Crippen molar-refractivity contribution in [2.75, 3.05) is 0 Å². The number of rotatable bonds is 2. The summed E-state index contributed by atoms with van der Waals surface area (Å²) < 4.78 is 106. The van der Waals surface area contributed by atoms with Crippen LogP contribution in [0, 0.1) is 46.5 Å². The van der Waals surface area contributed by atoms with E-state index in [1.807, 2.05) is 0 Å². The molecule has 0 atom stereocenters. The van der Waals surface area contributed by atoms with E-state index in [-0.39, 0.29) is 11.8 Å². The molecule has 124 valence electrons. The van der Waals surface area contributed by atoms with Crippen molar-refractivity contribution < 1.29 is 35.1 Å². The largest absolute Gasteiger partial charge is 0.202 e. The molecule has 0 spiro atoms. The van der Waals surface area contributed by atoms with E-state index in [1.54, 1.807) is 0 Å². The molecule has 0 unspecified atom stereocenters. The molecule has 0 fully saturated rings. The molecule has 0 saturated carbocycles. The van der Waals surface area contributed by atoms with Crippen LogP contribution in [0.5, 0.6) is 0 Å². The van der Waals surface area contributed by atoms with E-state index in [1.165, 1.54) is 0 Å². The molecule has 0 aliphatic rings. The summed E-state index contributed by atoms with van der Waals surface area (Å²) in [7, 11) is 0. The van der Waals surface area contributed by atoms with Crippen molar-refractivity contribution in [3.63, 3.8) is 0 Å². The van der Waals surface area contributed by atoms with Gasteiger partial charge in [-0.15, -0.1) is 0 Å². The molecule has 0 N–H and O–H groups in total. The van der Waals surface area contributed by atoms with Crippen LogP contribution in [0.25, 0.3) is 0 Å². The lowest BCUT2D eigenvalue weighted by Crippen LogP contribution is -2.03. The van der Waals surface area contributed by atoms with Crippen LogP contribution in [-0.2, 0) is 0 Å². The van der Waals surface area contributed by atoms with E-state index in [2.05, 4.69) is 0 Å². The first-order valence-corrected chi connectivity index (χ1v) is 6.87. The van der Waals surface area contributed by atoms with E-state index in [4.69, 9.17) is 23.2 Å². The average Bonchev–Trinajstić information content (AvgIpc) is 2.54. The van der Waals surface area contributed by atoms with Crippen molar-refractivity contribution in [3.05, 3.63) is 56.6 Å². The van der Waals surface area contributed by atoms with E-state index >= 15 is 0 Å². The highest BCUT2D eigenvalue weighted by Crippen LogP contribution is 2.44. The van der Waals surface area contributed by atoms with Crippen molar-refractivity contribution in [3.8, 4) is 0 Å². The summed E-state index contributed by atoms with van der Waals surface area (Å²) in [4.78, 5) is -2.46. The van der Waals surface area contributed by atoms with E-state index in [0.717, 1.165) is 0 Å². The summed E-state index contributed by atoms with van der Waals surface area (Å²) in [5, 5.41) is -2.63. The second kappa shape index (κ2) is 6.37. The molecule has 0 amide bonds. The maximum absolute atomic E-state index is 13.6. The first-order chi connectivity index (χ1) is 10.6. The zero-order valence-corrected chi connectivity index (χ0v) is 12.5. The van der Waals surface area contributed by atoms with E-state index in [0.29, 0.717) is 0 Å². The van der Waals surface area contributed by atoms with Crippen molar-refractivity contribution in [1.82, 2.24) is 0 Å². The lowest BCUT2D eigenvalue weighted by atomic mass is 10.3. The van der Waals surface area contributed by atoms with Gasteiger partial charge in [0.1, 0.15) is 0 Å². The van der Waals surface area contributed by atoms with Crippen LogP contribution in [0.15, 0.2) is 9.79 Å². The highest BCUT2D eigenvalue weighted by Gasteiger charge is 2.30. The Morgan fingerprint density at radius 2 is 0.696 bits per heavy atom. The minimum absolute atomic E-state index is 0.339. The van der Waals surface area contributed by atoms with Gasteiger partial charge in [-0.1, -0.05) is 35.0 Å². The molecule has 2 aromatic carbocycles. The van der Waals surface area contributed by atoms with Crippen molar-refractivity contribution in [2.45, 2.75) is 9.79 Å². The van der Waals surface area contributed by atoms with Gasteiger partial charge in [0.15, 0.2) is 46.5 Å². The molecule has 0 aliphatic carbocycles. The molecule has 0 aromatic heterocycles. The lowest BCUT2D eigenvalue weighted by molar-refractivity contribution is 0.396. The molecule has 2 aromatic rings. The van der Waals surface area contributed by atoms with Gasteiger partial charge in [-0.2, -0.15) is 0 Å². The highest BCUT2D eigenvalue weighted by molar-refractivity contribution is 7.99. The molecule has 0 heterocycles. The highest BCUT2D eigenvalue weighted by atomic mass is 35.5. The third kappa shape index (κ3) is 2.85. The Labute approximate surface area is 137 Å². The predicted octanol–water partition coefficient (Wildman–Crippen LogP) is 6.26. The van der Waals surface area contributed by atoms with Crippen LogP contribution in [0.1, 0.15) is 0 Å². The van der Waals surface area contributed by atoms with Crippen molar-refractivity contribution in [2.24, 2.45) is 0 Å². The fourth-order valence-corrected chi connectivity index (χ4v) is 2.94. The number of hydrogen-bond acceptors (Lipinski definition) is 1. The van der Waals surface area contributed by atoms with Gasteiger partial charge in [0.25, 0.3) is 0 Å². The first kappa shape index (κ1) is 18.2. The van der Waals surface area contributed by atoms with E-state index in [9.17, 15) is 35.1 Å². The molecular formula is C12Cl2F8S. The fourth-order valence-electron chi connectivity index (χ4n) is 1.45. The van der Waals surface area contributed by atoms with Crippen molar-refractivity contribution >= 4 is 35.0 Å². The normalized spacial score (nSPS) is 11.2. The topological polar surface area (TPSA) is 0 Å². The number of benzene rings is 2. The minimum Gasteiger partial charge on any atom is -0.202 e. The van der Waals surface area contributed by atoms with Crippen LogP contribution in [-0.4, -0.2) is 0 Å². The molecule has 0 aliphatic heterocycles. The summed E-state index contributed by atoms with van der Waals surface area (Å²) in [5.74, 6) is -17.1. The second-order valence-corrected chi connectivity index (χ2v) is 5.68. The first-order valence-electron chi connectivity index (χ1n) is 5.30. The summed E-state index contributed by atoms with van der Waals surface area (Å²) in [6.45, 7) is 0. The number of halogens is 10. The summed E-state index contributed by atoms with van der Waals surface area (Å²) in [6.07, 6.45) is 0. The zero-order chi connectivity index (χ0) is 17.6. The molecular weight excluding hydrogens is 399 g/mol. The van der Waals surface area contributed by atoms with Gasteiger partial charge < -0.3 is 0 Å². The molecule has 0 bridgehead atoms. The Bertz CT molecular complexity index is 698. The molecule has 2 rings (SSSR count). The third-order valence-corrected chi connectivity index (χ3v) is 4.65. The Hall–Kier alpha value is -1.19. The Kier molecular flexibility index (Phi) is 5.03. The molecule has 0 nitrogen and oxygen atoms in total. The SMILES string of the molecule is Fc1c(F)c(F)c(Sc2c(F)c(F)c(F)c(F)c2Cl)c(Cl)c1F. The van der Waals surface area contributed by atoms with Gasteiger partial charge in [0.05, 0.1) is 19.8 Å². The third-order valence-electron chi connectivity index (χ3n) is 2.54. The molecule has 0 radical (unpaired) electrons.